The molecule has 0 spiro atoms. The van der Waals surface area contributed by atoms with Gasteiger partial charge in [-0.1, -0.05) is 6.92 Å². The average Bonchev–Trinajstić information content (AvgIpc) is 2.32. The highest BCUT2D eigenvalue weighted by molar-refractivity contribution is 5.91. The minimum Gasteiger partial charge on any atom is -0.481 e. The van der Waals surface area contributed by atoms with E-state index in [1.54, 1.807) is 6.92 Å². The third-order valence-electron chi connectivity index (χ3n) is 2.06. The number of carboxylic acid groups (broad SMARTS) is 1. The Balaban J connectivity index is 5.01. The molecule has 0 radical (unpaired) electrons. The van der Waals surface area contributed by atoms with Crippen LogP contribution in [-0.2, 0) is 19.1 Å². The maximum absolute atomic E-state index is 12.7. The first-order valence-corrected chi connectivity index (χ1v) is 5.57. The number of carboxylic acids is 1. The van der Waals surface area contributed by atoms with Gasteiger partial charge in [-0.2, -0.15) is 22.0 Å². The Bertz CT molecular complexity index is 409. The van der Waals surface area contributed by atoms with Crippen LogP contribution in [0.3, 0.4) is 0 Å². The Morgan fingerprint density at radius 3 is 2.10 bits per heavy atom. The van der Waals surface area contributed by atoms with Gasteiger partial charge in [-0.05, 0) is 6.42 Å². The van der Waals surface area contributed by atoms with E-state index < -0.39 is 42.4 Å². The Morgan fingerprint density at radius 2 is 1.71 bits per heavy atom. The third kappa shape index (κ3) is 5.52. The van der Waals surface area contributed by atoms with Crippen molar-refractivity contribution in [1.82, 2.24) is 5.32 Å². The van der Waals surface area contributed by atoms with E-state index >= 15 is 0 Å². The molecule has 0 aliphatic carbocycles. The first-order chi connectivity index (χ1) is 9.43. The molecule has 0 aromatic heterocycles. The number of amides is 1. The van der Waals surface area contributed by atoms with E-state index in [0.29, 0.717) is 6.42 Å². The van der Waals surface area contributed by atoms with Crippen molar-refractivity contribution in [3.05, 3.63) is 0 Å². The Hall–Kier alpha value is -1.94. The summed E-state index contributed by atoms with van der Waals surface area (Å²) >= 11 is 0. The molecule has 0 saturated heterocycles. The second kappa shape index (κ2) is 7.18. The van der Waals surface area contributed by atoms with Crippen LogP contribution in [-0.4, -0.2) is 47.7 Å². The molecule has 0 aliphatic heterocycles. The van der Waals surface area contributed by atoms with Gasteiger partial charge in [-0.25, -0.2) is 4.79 Å². The Kier molecular flexibility index (Phi) is 6.52. The predicted molar refractivity (Wildman–Crippen MR) is 56.4 cm³/mol. The topological polar surface area (TPSA) is 92.7 Å². The van der Waals surface area contributed by atoms with Gasteiger partial charge in [0.15, 0.2) is 0 Å². The normalized spacial score (nSPS) is 13.4. The summed E-state index contributed by atoms with van der Waals surface area (Å²) < 4.78 is 65.7. The van der Waals surface area contributed by atoms with Gasteiger partial charge in [0.25, 0.3) is 0 Å². The molecule has 2 N–H and O–H groups in total. The second-order valence-electron chi connectivity index (χ2n) is 3.86. The SMILES string of the molecule is CCCOC(=O)[C@H](CC(=O)O)NC(=O)C(F)(F)C(F)(F)F. The molecule has 0 aromatic carbocycles. The molecule has 0 aliphatic rings. The van der Waals surface area contributed by atoms with Crippen LogP contribution in [0.1, 0.15) is 19.8 Å². The van der Waals surface area contributed by atoms with E-state index in [1.165, 1.54) is 0 Å². The molecule has 0 heterocycles. The number of hydrogen-bond acceptors (Lipinski definition) is 4. The second-order valence-corrected chi connectivity index (χ2v) is 3.86. The molecule has 122 valence electrons. The van der Waals surface area contributed by atoms with Crippen LogP contribution in [0.4, 0.5) is 22.0 Å². The lowest BCUT2D eigenvalue weighted by Gasteiger charge is -2.22. The van der Waals surface area contributed by atoms with Gasteiger partial charge in [0.1, 0.15) is 6.04 Å². The number of nitrogens with one attached hydrogen (secondary N) is 1. The molecule has 0 unspecified atom stereocenters. The highest BCUT2D eigenvalue weighted by Gasteiger charge is 2.63. The van der Waals surface area contributed by atoms with Crippen LogP contribution < -0.4 is 5.32 Å². The number of halogens is 5. The van der Waals surface area contributed by atoms with Gasteiger partial charge >= 0.3 is 29.9 Å². The van der Waals surface area contributed by atoms with Gasteiger partial charge in [0.05, 0.1) is 13.0 Å². The molecule has 21 heavy (non-hydrogen) atoms. The van der Waals surface area contributed by atoms with Crippen LogP contribution >= 0.6 is 0 Å². The summed E-state index contributed by atoms with van der Waals surface area (Å²) in [5.41, 5.74) is 0. The van der Waals surface area contributed by atoms with Gasteiger partial charge in [0, 0.05) is 0 Å². The Labute approximate surface area is 115 Å². The molecule has 11 heteroatoms. The van der Waals surface area contributed by atoms with Crippen molar-refractivity contribution in [3.8, 4) is 0 Å². The molecule has 0 fully saturated rings. The Morgan fingerprint density at radius 1 is 1.19 bits per heavy atom. The molecule has 6 nitrogen and oxygen atoms in total. The number of ether oxygens (including phenoxy) is 1. The van der Waals surface area contributed by atoms with E-state index in [9.17, 15) is 36.3 Å². The molecule has 0 bridgehead atoms. The molecule has 0 saturated carbocycles. The highest BCUT2D eigenvalue weighted by atomic mass is 19.4. The smallest absolute Gasteiger partial charge is 0.463 e. The molecule has 1 amide bonds. The summed E-state index contributed by atoms with van der Waals surface area (Å²) in [4.78, 5) is 32.7. The predicted octanol–water partition coefficient (Wildman–Crippen LogP) is 1.10. The minimum atomic E-state index is -6.17. The minimum absolute atomic E-state index is 0.208. The van der Waals surface area contributed by atoms with Gasteiger partial charge in [-0.15, -0.1) is 0 Å². The molecule has 0 rings (SSSR count). The van der Waals surface area contributed by atoms with Crippen molar-refractivity contribution in [2.45, 2.75) is 37.9 Å². The van der Waals surface area contributed by atoms with E-state index in [1.807, 2.05) is 0 Å². The first-order valence-electron chi connectivity index (χ1n) is 5.57. The van der Waals surface area contributed by atoms with E-state index in [0.717, 1.165) is 5.32 Å². The molecule has 1 atom stereocenters. The van der Waals surface area contributed by atoms with Crippen molar-refractivity contribution in [3.63, 3.8) is 0 Å². The van der Waals surface area contributed by atoms with Crippen molar-refractivity contribution < 1.29 is 46.2 Å². The van der Waals surface area contributed by atoms with Crippen LogP contribution in [0.5, 0.6) is 0 Å². The van der Waals surface area contributed by atoms with Crippen LogP contribution in [0.15, 0.2) is 0 Å². The average molecular weight is 321 g/mol. The number of carbonyl (C=O) groups is 3. The lowest BCUT2D eigenvalue weighted by molar-refractivity contribution is -0.270. The number of alkyl halides is 5. The lowest BCUT2D eigenvalue weighted by atomic mass is 10.2. The van der Waals surface area contributed by atoms with E-state index in [-0.39, 0.29) is 6.61 Å². The molecule has 0 aromatic rings. The maximum Gasteiger partial charge on any atom is 0.463 e. The zero-order valence-corrected chi connectivity index (χ0v) is 10.7. The number of rotatable bonds is 7. The van der Waals surface area contributed by atoms with Crippen LogP contribution in [0.2, 0.25) is 0 Å². The fraction of sp³-hybridized carbons (Fsp3) is 0.700. The highest BCUT2D eigenvalue weighted by Crippen LogP contribution is 2.35. The summed E-state index contributed by atoms with van der Waals surface area (Å²) in [5.74, 6) is -11.7. The van der Waals surface area contributed by atoms with Crippen LogP contribution in [0.25, 0.3) is 0 Å². The van der Waals surface area contributed by atoms with E-state index in [4.69, 9.17) is 5.11 Å². The standard InChI is InChI=1S/C10H12F5NO5/c1-2-3-21-7(19)5(4-6(17)18)16-8(20)9(11,12)10(13,14)15/h5H,2-4H2,1H3,(H,16,20)(H,17,18)/t5-/m0/s1. The number of carbonyl (C=O) groups excluding carboxylic acids is 2. The van der Waals surface area contributed by atoms with Crippen molar-refractivity contribution >= 4 is 17.8 Å². The van der Waals surface area contributed by atoms with Gasteiger partial charge < -0.3 is 15.2 Å². The fourth-order valence-corrected chi connectivity index (χ4v) is 1.05. The summed E-state index contributed by atoms with van der Waals surface area (Å²) in [6, 6.07) is -2.14. The largest absolute Gasteiger partial charge is 0.481 e. The summed E-state index contributed by atoms with van der Waals surface area (Å²) in [6.07, 6.45) is -7.06. The summed E-state index contributed by atoms with van der Waals surface area (Å²) in [7, 11) is 0. The fourth-order valence-electron chi connectivity index (χ4n) is 1.05. The quantitative estimate of drug-likeness (QED) is 0.541. The molecular weight excluding hydrogens is 309 g/mol. The number of hydrogen-bond donors (Lipinski definition) is 2. The van der Waals surface area contributed by atoms with Gasteiger partial charge in [0.2, 0.25) is 0 Å². The van der Waals surface area contributed by atoms with E-state index in [2.05, 4.69) is 4.74 Å². The summed E-state index contributed by atoms with van der Waals surface area (Å²) in [6.45, 7) is 1.36. The van der Waals surface area contributed by atoms with Crippen LogP contribution in [0, 0.1) is 0 Å². The van der Waals surface area contributed by atoms with Gasteiger partial charge in [-0.3, -0.25) is 9.59 Å². The third-order valence-corrected chi connectivity index (χ3v) is 2.06. The van der Waals surface area contributed by atoms with Crippen molar-refractivity contribution in [1.29, 1.82) is 0 Å². The number of esters is 1. The van der Waals surface area contributed by atoms with Crippen molar-refractivity contribution in [2.24, 2.45) is 0 Å². The maximum atomic E-state index is 12.7. The summed E-state index contributed by atoms with van der Waals surface area (Å²) in [5, 5.41) is 9.50. The monoisotopic (exact) mass is 321 g/mol. The zero-order chi connectivity index (χ0) is 16.8. The number of aliphatic carboxylic acids is 1. The zero-order valence-electron chi connectivity index (χ0n) is 10.7. The molecular formula is C10H12F5NO5. The first kappa shape index (κ1) is 19.1. The van der Waals surface area contributed by atoms with Crippen molar-refractivity contribution in [2.75, 3.05) is 6.61 Å². The lowest BCUT2D eigenvalue weighted by Crippen LogP contribution is -2.55.